The summed E-state index contributed by atoms with van der Waals surface area (Å²) in [5.41, 5.74) is 5.57. The van der Waals surface area contributed by atoms with Crippen LogP contribution in [0.2, 0.25) is 0 Å². The van der Waals surface area contributed by atoms with Gasteiger partial charge in [0.2, 0.25) is 0 Å². The number of fused-ring (bicyclic) bond motifs is 1. The van der Waals surface area contributed by atoms with E-state index in [-0.39, 0.29) is 10.8 Å². The number of rotatable bonds is 6. The number of nitrogens with zero attached hydrogens (tertiary/aromatic N) is 1. The molecule has 1 unspecified atom stereocenters. The molecule has 0 amide bonds. The van der Waals surface area contributed by atoms with Crippen LogP contribution in [0.15, 0.2) is 78.9 Å². The predicted molar refractivity (Wildman–Crippen MR) is 135 cm³/mol. The van der Waals surface area contributed by atoms with Gasteiger partial charge >= 0.3 is 0 Å². The van der Waals surface area contributed by atoms with Crippen molar-refractivity contribution in [2.45, 2.75) is 58.8 Å². The van der Waals surface area contributed by atoms with Gasteiger partial charge < -0.3 is 0 Å². The molecule has 0 bridgehead atoms. The molecule has 0 aliphatic carbocycles. The second-order valence-electron chi connectivity index (χ2n) is 10.5. The Hall–Kier alpha value is -2.45. The van der Waals surface area contributed by atoms with E-state index in [0.717, 1.165) is 18.4 Å². The molecule has 0 fully saturated rings. The van der Waals surface area contributed by atoms with Gasteiger partial charge in [0.25, 0.3) is 0 Å². The van der Waals surface area contributed by atoms with Crippen molar-refractivity contribution in [1.82, 2.24) is 4.98 Å². The monoisotopic (exact) mass is 427 g/mol. The molecule has 2 heteroatoms. The summed E-state index contributed by atoms with van der Waals surface area (Å²) in [5, 5.41) is 1.22. The number of aromatic nitrogens is 1. The maximum absolute atomic E-state index is 4.92. The zero-order valence-corrected chi connectivity index (χ0v) is 20.2. The van der Waals surface area contributed by atoms with Crippen LogP contribution in [0, 0.1) is 5.41 Å². The fourth-order valence-electron chi connectivity index (χ4n) is 4.34. The summed E-state index contributed by atoms with van der Waals surface area (Å²) in [6.07, 6.45) is 2.12. The molecule has 1 heterocycles. The zero-order chi connectivity index (χ0) is 22.1. The highest BCUT2D eigenvalue weighted by Gasteiger charge is 2.26. The van der Waals surface area contributed by atoms with Gasteiger partial charge in [0.05, 0.1) is 15.2 Å². The minimum atomic E-state index is 0.00937. The number of benzene rings is 3. The topological polar surface area (TPSA) is 12.9 Å². The first kappa shape index (κ1) is 21.8. The predicted octanol–water partition coefficient (Wildman–Crippen LogP) is 8.38. The third-order valence-corrected chi connectivity index (χ3v) is 7.32. The van der Waals surface area contributed by atoms with Gasteiger partial charge in [-0.1, -0.05) is 101 Å². The van der Waals surface area contributed by atoms with Gasteiger partial charge in [0, 0.05) is 11.3 Å². The number of para-hydroxylation sites is 1. The fourth-order valence-corrected chi connectivity index (χ4v) is 5.41. The first-order valence-corrected chi connectivity index (χ1v) is 12.0. The lowest BCUT2D eigenvalue weighted by Gasteiger charge is -2.27. The van der Waals surface area contributed by atoms with E-state index in [0.29, 0.717) is 5.92 Å². The highest BCUT2D eigenvalue weighted by Crippen LogP contribution is 2.37. The van der Waals surface area contributed by atoms with Gasteiger partial charge in [-0.25, -0.2) is 4.98 Å². The molecule has 0 spiro atoms. The quantitative estimate of drug-likeness (QED) is 0.301. The van der Waals surface area contributed by atoms with Crippen molar-refractivity contribution in [3.8, 4) is 0 Å². The van der Waals surface area contributed by atoms with Crippen LogP contribution in [0.25, 0.3) is 10.2 Å². The lowest BCUT2D eigenvalue weighted by molar-refractivity contribution is 0.357. The molecule has 0 aliphatic rings. The Morgan fingerprint density at radius 2 is 1.35 bits per heavy atom. The summed E-state index contributed by atoms with van der Waals surface area (Å²) in [5.74, 6) is 0.424. The Morgan fingerprint density at radius 3 is 2.00 bits per heavy atom. The lowest BCUT2D eigenvalue weighted by Crippen LogP contribution is -2.20. The molecule has 0 aliphatic heterocycles. The normalized spacial score (nSPS) is 13.5. The Morgan fingerprint density at radius 1 is 0.742 bits per heavy atom. The van der Waals surface area contributed by atoms with Crippen LogP contribution < -0.4 is 0 Å². The van der Waals surface area contributed by atoms with Crippen molar-refractivity contribution < 1.29 is 0 Å². The molecular weight excluding hydrogens is 394 g/mol. The number of hydrogen-bond donors (Lipinski definition) is 0. The lowest BCUT2D eigenvalue weighted by atomic mass is 9.77. The van der Waals surface area contributed by atoms with E-state index in [1.165, 1.54) is 26.4 Å². The van der Waals surface area contributed by atoms with E-state index in [1.54, 1.807) is 0 Å². The minimum absolute atomic E-state index is 0.00937. The first-order chi connectivity index (χ1) is 14.7. The fraction of sp³-hybridized carbons (Fsp3) is 0.345. The second kappa shape index (κ2) is 8.59. The van der Waals surface area contributed by atoms with Crippen molar-refractivity contribution in [2.24, 2.45) is 5.41 Å². The summed E-state index contributed by atoms with van der Waals surface area (Å²) >= 11 is 1.82. The molecular formula is C29H33NS. The molecule has 0 radical (unpaired) electrons. The molecule has 0 N–H and O–H groups in total. The highest BCUT2D eigenvalue weighted by atomic mass is 32.1. The molecule has 3 aromatic carbocycles. The van der Waals surface area contributed by atoms with Gasteiger partial charge in [0.15, 0.2) is 0 Å². The van der Waals surface area contributed by atoms with Crippen LogP contribution in [0.5, 0.6) is 0 Å². The Labute approximate surface area is 191 Å². The van der Waals surface area contributed by atoms with E-state index in [9.17, 15) is 0 Å². The van der Waals surface area contributed by atoms with Crippen LogP contribution in [0.3, 0.4) is 0 Å². The van der Waals surface area contributed by atoms with Crippen LogP contribution >= 0.6 is 11.3 Å². The average molecular weight is 428 g/mol. The molecule has 31 heavy (non-hydrogen) atoms. The zero-order valence-electron chi connectivity index (χ0n) is 19.4. The van der Waals surface area contributed by atoms with Gasteiger partial charge in [-0.05, 0) is 47.1 Å². The van der Waals surface area contributed by atoms with Crippen LogP contribution in [-0.4, -0.2) is 4.98 Å². The minimum Gasteiger partial charge on any atom is -0.241 e. The Bertz CT molecular complexity index is 1100. The summed E-state index contributed by atoms with van der Waals surface area (Å²) in [4.78, 5) is 4.92. The van der Waals surface area contributed by atoms with Gasteiger partial charge in [-0.3, -0.25) is 0 Å². The number of hydrogen-bond acceptors (Lipinski definition) is 2. The molecule has 1 aromatic heterocycles. The molecule has 1 atom stereocenters. The highest BCUT2D eigenvalue weighted by molar-refractivity contribution is 7.18. The SMILES string of the molecule is CC(C)(C)CC(c1ccccc1)c1ccc(CC(C)(C)c2nc3ccccc3s2)cc1. The molecule has 4 aromatic rings. The van der Waals surface area contributed by atoms with Crippen molar-refractivity contribution >= 4 is 21.6 Å². The molecule has 0 saturated carbocycles. The molecule has 1 nitrogen and oxygen atoms in total. The maximum atomic E-state index is 4.92. The van der Waals surface area contributed by atoms with Crippen molar-refractivity contribution in [3.05, 3.63) is 101 Å². The van der Waals surface area contributed by atoms with E-state index in [2.05, 4.69) is 113 Å². The van der Waals surface area contributed by atoms with E-state index >= 15 is 0 Å². The Balaban J connectivity index is 1.57. The first-order valence-electron chi connectivity index (χ1n) is 11.2. The molecule has 4 rings (SSSR count). The average Bonchev–Trinajstić information content (AvgIpc) is 3.18. The van der Waals surface area contributed by atoms with Gasteiger partial charge in [-0.2, -0.15) is 0 Å². The van der Waals surface area contributed by atoms with Crippen molar-refractivity contribution in [3.63, 3.8) is 0 Å². The van der Waals surface area contributed by atoms with E-state index < -0.39 is 0 Å². The third kappa shape index (κ3) is 5.25. The van der Waals surface area contributed by atoms with Crippen molar-refractivity contribution in [2.75, 3.05) is 0 Å². The van der Waals surface area contributed by atoms with Gasteiger partial charge in [-0.15, -0.1) is 11.3 Å². The number of thiazole rings is 1. The summed E-state index contributed by atoms with van der Waals surface area (Å²) in [6, 6.07) is 28.7. The van der Waals surface area contributed by atoms with E-state index in [1.807, 2.05) is 11.3 Å². The van der Waals surface area contributed by atoms with Crippen molar-refractivity contribution in [1.29, 1.82) is 0 Å². The van der Waals surface area contributed by atoms with Crippen LogP contribution in [0.1, 0.15) is 68.7 Å². The Kier molecular flexibility index (Phi) is 6.03. The smallest absolute Gasteiger partial charge is 0.0998 e. The van der Waals surface area contributed by atoms with Gasteiger partial charge in [0.1, 0.15) is 0 Å². The summed E-state index contributed by atoms with van der Waals surface area (Å²) in [7, 11) is 0. The largest absolute Gasteiger partial charge is 0.241 e. The second-order valence-corrected chi connectivity index (χ2v) is 11.5. The van der Waals surface area contributed by atoms with Crippen LogP contribution in [0.4, 0.5) is 0 Å². The standard InChI is InChI=1S/C29H33NS/c1-28(2,3)20-24(22-11-7-6-8-12-22)23-17-15-21(16-18-23)19-29(4,5)27-30-25-13-9-10-14-26(25)31-27/h6-18,24H,19-20H2,1-5H3. The third-order valence-electron chi connectivity index (χ3n) is 5.92. The molecule has 160 valence electrons. The maximum Gasteiger partial charge on any atom is 0.0998 e. The molecule has 0 saturated heterocycles. The van der Waals surface area contributed by atoms with Crippen LogP contribution in [-0.2, 0) is 11.8 Å². The summed E-state index contributed by atoms with van der Waals surface area (Å²) < 4.78 is 1.27. The van der Waals surface area contributed by atoms with E-state index in [4.69, 9.17) is 4.98 Å². The summed E-state index contributed by atoms with van der Waals surface area (Å²) in [6.45, 7) is 11.6.